The first-order valence-corrected chi connectivity index (χ1v) is 7.47. The minimum Gasteiger partial charge on any atom is -0.496 e. The molecule has 126 valence electrons. The van der Waals surface area contributed by atoms with Gasteiger partial charge in [-0.1, -0.05) is 24.3 Å². The van der Waals surface area contributed by atoms with Crippen LogP contribution in [-0.4, -0.2) is 25.5 Å². The van der Waals surface area contributed by atoms with Crippen molar-refractivity contribution in [3.05, 3.63) is 65.5 Å². The molecule has 2 rings (SSSR count). The lowest BCUT2D eigenvalue weighted by molar-refractivity contribution is -0.120. The minimum absolute atomic E-state index is 0.167. The molecule has 6 heteroatoms. The molecule has 0 saturated heterocycles. The predicted octanol–water partition coefficient (Wildman–Crippen LogP) is 2.44. The van der Waals surface area contributed by atoms with E-state index in [-0.39, 0.29) is 24.1 Å². The quantitative estimate of drug-likeness (QED) is 0.855. The maximum Gasteiger partial charge on any atom is 0.251 e. The topological polar surface area (TPSA) is 67.4 Å². The van der Waals surface area contributed by atoms with Crippen molar-refractivity contribution in [1.82, 2.24) is 10.6 Å². The third-order valence-electron chi connectivity index (χ3n) is 3.48. The lowest BCUT2D eigenvalue weighted by atomic mass is 10.1. The Labute approximate surface area is 139 Å². The molecule has 0 fully saturated rings. The lowest BCUT2D eigenvalue weighted by Crippen LogP contribution is -2.38. The molecule has 1 atom stereocenters. The number of ether oxygens (including phenoxy) is 1. The van der Waals surface area contributed by atoms with Crippen LogP contribution >= 0.6 is 0 Å². The molecule has 2 amide bonds. The number of carbonyl (C=O) groups excluding carboxylic acids is 2. The molecule has 0 radical (unpaired) electrons. The number of methoxy groups -OCH3 is 1. The highest BCUT2D eigenvalue weighted by molar-refractivity contribution is 5.96. The zero-order chi connectivity index (χ0) is 17.5. The number of rotatable bonds is 6. The second kappa shape index (κ2) is 8.10. The van der Waals surface area contributed by atoms with Gasteiger partial charge in [-0.25, -0.2) is 4.39 Å². The van der Waals surface area contributed by atoms with Crippen molar-refractivity contribution in [2.75, 3.05) is 13.7 Å². The van der Waals surface area contributed by atoms with Crippen LogP contribution in [0.1, 0.15) is 28.9 Å². The van der Waals surface area contributed by atoms with E-state index in [9.17, 15) is 14.0 Å². The Kier molecular flexibility index (Phi) is 5.89. The number of nitrogens with one attached hydrogen (secondary N) is 2. The minimum atomic E-state index is -0.505. The standard InChI is InChI=1S/C18H19FN2O3/c1-12(15-8-3-4-9-16(15)24-2)21-17(22)11-20-18(23)13-6-5-7-14(19)10-13/h3-10,12H,11H2,1-2H3,(H,20,23)(H,21,22). The molecule has 0 bridgehead atoms. The first-order valence-electron chi connectivity index (χ1n) is 7.47. The summed E-state index contributed by atoms with van der Waals surface area (Å²) in [6, 6.07) is 12.4. The number of para-hydroxylation sites is 1. The van der Waals surface area contributed by atoms with E-state index in [2.05, 4.69) is 10.6 Å². The van der Waals surface area contributed by atoms with E-state index in [0.717, 1.165) is 11.6 Å². The molecule has 2 aromatic carbocycles. The first kappa shape index (κ1) is 17.5. The second-order valence-corrected chi connectivity index (χ2v) is 5.22. The van der Waals surface area contributed by atoms with E-state index in [1.807, 2.05) is 31.2 Å². The van der Waals surface area contributed by atoms with Gasteiger partial charge in [-0.05, 0) is 31.2 Å². The Hall–Kier alpha value is -2.89. The average Bonchev–Trinajstić information content (AvgIpc) is 2.59. The molecule has 24 heavy (non-hydrogen) atoms. The fraction of sp³-hybridized carbons (Fsp3) is 0.222. The second-order valence-electron chi connectivity index (χ2n) is 5.22. The van der Waals surface area contributed by atoms with Crippen LogP contribution in [0.3, 0.4) is 0 Å². The average molecular weight is 330 g/mol. The predicted molar refractivity (Wildman–Crippen MR) is 88.3 cm³/mol. The highest BCUT2D eigenvalue weighted by Gasteiger charge is 2.14. The molecule has 0 aliphatic rings. The van der Waals surface area contributed by atoms with E-state index >= 15 is 0 Å². The summed E-state index contributed by atoms with van der Waals surface area (Å²) < 4.78 is 18.3. The molecule has 0 aromatic heterocycles. The van der Waals surface area contributed by atoms with Crippen LogP contribution in [0.15, 0.2) is 48.5 Å². The van der Waals surface area contributed by atoms with Gasteiger partial charge in [0.15, 0.2) is 0 Å². The van der Waals surface area contributed by atoms with E-state index in [1.165, 1.54) is 18.2 Å². The van der Waals surface area contributed by atoms with Crippen molar-refractivity contribution in [2.45, 2.75) is 13.0 Å². The number of benzene rings is 2. The van der Waals surface area contributed by atoms with Crippen molar-refractivity contribution in [1.29, 1.82) is 0 Å². The van der Waals surface area contributed by atoms with Crippen molar-refractivity contribution in [3.8, 4) is 5.75 Å². The zero-order valence-corrected chi connectivity index (χ0v) is 13.5. The van der Waals surface area contributed by atoms with Crippen molar-refractivity contribution in [2.24, 2.45) is 0 Å². The fourth-order valence-electron chi connectivity index (χ4n) is 2.29. The van der Waals surface area contributed by atoms with Gasteiger partial charge >= 0.3 is 0 Å². The number of hydrogen-bond donors (Lipinski definition) is 2. The molecule has 1 unspecified atom stereocenters. The van der Waals surface area contributed by atoms with Gasteiger partial charge in [0, 0.05) is 11.1 Å². The van der Waals surface area contributed by atoms with Gasteiger partial charge in [0.2, 0.25) is 5.91 Å². The van der Waals surface area contributed by atoms with Gasteiger partial charge in [-0.3, -0.25) is 9.59 Å². The zero-order valence-electron chi connectivity index (χ0n) is 13.5. The smallest absolute Gasteiger partial charge is 0.251 e. The Balaban J connectivity index is 1.90. The van der Waals surface area contributed by atoms with Gasteiger partial charge in [-0.15, -0.1) is 0 Å². The van der Waals surface area contributed by atoms with Crippen LogP contribution < -0.4 is 15.4 Å². The van der Waals surface area contributed by atoms with Crippen molar-refractivity contribution >= 4 is 11.8 Å². The maximum absolute atomic E-state index is 13.1. The third-order valence-corrected chi connectivity index (χ3v) is 3.48. The van der Waals surface area contributed by atoms with Gasteiger partial charge in [0.25, 0.3) is 5.91 Å². The normalized spacial score (nSPS) is 11.5. The monoisotopic (exact) mass is 330 g/mol. The molecule has 0 saturated carbocycles. The summed E-state index contributed by atoms with van der Waals surface area (Å²) in [6.45, 7) is 1.62. The maximum atomic E-state index is 13.1. The molecule has 0 heterocycles. The summed E-state index contributed by atoms with van der Waals surface area (Å²) in [5.74, 6) is -0.682. The number of carbonyl (C=O) groups is 2. The number of hydrogen-bond acceptors (Lipinski definition) is 3. The summed E-state index contributed by atoms with van der Waals surface area (Å²) in [5.41, 5.74) is 1.00. The Morgan fingerprint density at radius 1 is 1.17 bits per heavy atom. The molecule has 5 nitrogen and oxygen atoms in total. The van der Waals surface area contributed by atoms with Crippen LogP contribution in [0.2, 0.25) is 0 Å². The molecule has 0 aliphatic heterocycles. The summed E-state index contributed by atoms with van der Waals surface area (Å²) in [6.07, 6.45) is 0. The number of amides is 2. The molecule has 0 spiro atoms. The summed E-state index contributed by atoms with van der Waals surface area (Å²) >= 11 is 0. The van der Waals surface area contributed by atoms with Crippen molar-refractivity contribution < 1.29 is 18.7 Å². The highest BCUT2D eigenvalue weighted by atomic mass is 19.1. The Morgan fingerprint density at radius 3 is 2.62 bits per heavy atom. The van der Waals surface area contributed by atoms with Gasteiger partial charge in [-0.2, -0.15) is 0 Å². The highest BCUT2D eigenvalue weighted by Crippen LogP contribution is 2.24. The van der Waals surface area contributed by atoms with E-state index in [0.29, 0.717) is 5.75 Å². The van der Waals surface area contributed by atoms with E-state index in [1.54, 1.807) is 7.11 Å². The van der Waals surface area contributed by atoms with Crippen LogP contribution in [0, 0.1) is 5.82 Å². The molecular formula is C18H19FN2O3. The van der Waals surface area contributed by atoms with Gasteiger partial charge in [0.1, 0.15) is 11.6 Å². The first-order chi connectivity index (χ1) is 11.5. The van der Waals surface area contributed by atoms with Crippen LogP contribution in [-0.2, 0) is 4.79 Å². The largest absolute Gasteiger partial charge is 0.496 e. The molecule has 0 aliphatic carbocycles. The third kappa shape index (κ3) is 4.55. The summed E-state index contributed by atoms with van der Waals surface area (Å²) in [7, 11) is 1.56. The van der Waals surface area contributed by atoms with Crippen LogP contribution in [0.4, 0.5) is 4.39 Å². The van der Waals surface area contributed by atoms with Gasteiger partial charge in [0.05, 0.1) is 19.7 Å². The molecule has 2 N–H and O–H groups in total. The van der Waals surface area contributed by atoms with Crippen molar-refractivity contribution in [3.63, 3.8) is 0 Å². The van der Waals surface area contributed by atoms with E-state index < -0.39 is 11.7 Å². The Morgan fingerprint density at radius 2 is 1.92 bits per heavy atom. The SMILES string of the molecule is COc1ccccc1C(C)NC(=O)CNC(=O)c1cccc(F)c1. The van der Waals surface area contributed by atoms with Crippen LogP contribution in [0.5, 0.6) is 5.75 Å². The number of halogens is 1. The lowest BCUT2D eigenvalue weighted by Gasteiger charge is -2.17. The molecular weight excluding hydrogens is 311 g/mol. The van der Waals surface area contributed by atoms with Gasteiger partial charge < -0.3 is 15.4 Å². The van der Waals surface area contributed by atoms with Crippen LogP contribution in [0.25, 0.3) is 0 Å². The fourth-order valence-corrected chi connectivity index (χ4v) is 2.29. The summed E-state index contributed by atoms with van der Waals surface area (Å²) in [4.78, 5) is 23.9. The Bertz CT molecular complexity index is 734. The summed E-state index contributed by atoms with van der Waals surface area (Å²) in [5, 5.41) is 5.24. The molecule has 2 aromatic rings. The van der Waals surface area contributed by atoms with E-state index in [4.69, 9.17) is 4.74 Å².